The highest BCUT2D eigenvalue weighted by molar-refractivity contribution is 5.17. The Kier molecular flexibility index (Phi) is 16.6. The van der Waals surface area contributed by atoms with E-state index in [4.69, 9.17) is 42.6 Å². The van der Waals surface area contributed by atoms with Crippen molar-refractivity contribution in [2.45, 2.75) is 101 Å². The highest BCUT2D eigenvalue weighted by atomic mass is 16.8. The summed E-state index contributed by atoms with van der Waals surface area (Å²) in [6.45, 7) is 7.38. The van der Waals surface area contributed by atoms with Gasteiger partial charge < -0.3 is 47.7 Å². The van der Waals surface area contributed by atoms with Crippen molar-refractivity contribution in [3.63, 3.8) is 0 Å². The van der Waals surface area contributed by atoms with E-state index >= 15 is 0 Å². The van der Waals surface area contributed by atoms with Gasteiger partial charge in [0.05, 0.1) is 52.4 Å². The van der Waals surface area contributed by atoms with Gasteiger partial charge in [0, 0.05) is 0 Å². The SMILES string of the molecule is C=CCO[C@@H]1O[C@@H](C)[C@H](OCc2ccccc2)[C@@H](O[C@@H]2O[C@H](COCc3ccccc3)[C@@H](OCc3ccccc3)[C@H](OCc3ccccc3)[C@H]2OCc2ccccc2)[C@H]1O. The van der Waals surface area contributed by atoms with Crippen LogP contribution in [-0.4, -0.2) is 79.7 Å². The predicted octanol–water partition coefficient (Wildman–Crippen LogP) is 7.96. The summed E-state index contributed by atoms with van der Waals surface area (Å²) in [5, 5.41) is 12.0. The standard InChI is InChI=1S/C50H56O10/c1-3-29-53-49-43(51)46(44(36(2)58-49)54-31-38-21-11-5-12-22-38)60-50-48(57-34-41-27-17-8-18-28-41)47(56-33-40-25-15-7-16-26-40)45(55-32-39-23-13-6-14-24-39)42(59-50)35-52-30-37-19-9-4-10-20-37/h3-28,36,42-51H,1,29-35H2,2H3/t36-,42+,43+,44-,45+,46-,47-,48+,49+,50-/m0/s1. The van der Waals surface area contributed by atoms with Gasteiger partial charge >= 0.3 is 0 Å². The molecular formula is C50H56O10. The molecule has 60 heavy (non-hydrogen) atoms. The van der Waals surface area contributed by atoms with Crippen LogP contribution in [0.15, 0.2) is 164 Å². The van der Waals surface area contributed by atoms with Crippen LogP contribution in [-0.2, 0) is 75.7 Å². The maximum absolute atomic E-state index is 12.0. The Bertz CT molecular complexity index is 1940. The third kappa shape index (κ3) is 12.3. The van der Waals surface area contributed by atoms with Crippen LogP contribution >= 0.6 is 0 Å². The zero-order valence-electron chi connectivity index (χ0n) is 34.1. The molecule has 5 aromatic rings. The molecular weight excluding hydrogens is 761 g/mol. The minimum Gasteiger partial charge on any atom is -0.385 e. The maximum Gasteiger partial charge on any atom is 0.187 e. The first-order valence-corrected chi connectivity index (χ1v) is 20.7. The van der Waals surface area contributed by atoms with E-state index < -0.39 is 61.4 Å². The van der Waals surface area contributed by atoms with Crippen molar-refractivity contribution in [3.8, 4) is 0 Å². The van der Waals surface area contributed by atoms with Crippen LogP contribution in [0.5, 0.6) is 0 Å². The van der Waals surface area contributed by atoms with Crippen LogP contribution in [0.1, 0.15) is 34.7 Å². The fourth-order valence-electron chi connectivity index (χ4n) is 7.45. The predicted molar refractivity (Wildman–Crippen MR) is 226 cm³/mol. The summed E-state index contributed by atoms with van der Waals surface area (Å²) in [6.07, 6.45) is -6.98. The van der Waals surface area contributed by atoms with Crippen LogP contribution in [0.4, 0.5) is 0 Å². The van der Waals surface area contributed by atoms with Crippen molar-refractivity contribution >= 4 is 0 Å². The zero-order valence-corrected chi connectivity index (χ0v) is 34.1. The number of aliphatic hydroxyl groups excluding tert-OH is 1. The molecule has 7 rings (SSSR count). The summed E-state index contributed by atoms with van der Waals surface area (Å²) >= 11 is 0. The van der Waals surface area contributed by atoms with Crippen molar-refractivity contribution < 1.29 is 47.7 Å². The number of hydrogen-bond acceptors (Lipinski definition) is 10. The second kappa shape index (κ2) is 22.9. The van der Waals surface area contributed by atoms with Crippen molar-refractivity contribution in [2.75, 3.05) is 13.2 Å². The maximum atomic E-state index is 12.0. The largest absolute Gasteiger partial charge is 0.385 e. The lowest BCUT2D eigenvalue weighted by Gasteiger charge is -2.49. The second-order valence-electron chi connectivity index (χ2n) is 15.0. The molecule has 2 aliphatic rings. The molecule has 0 amide bonds. The summed E-state index contributed by atoms with van der Waals surface area (Å²) in [6, 6.07) is 49.7. The van der Waals surface area contributed by atoms with E-state index in [1.807, 2.05) is 159 Å². The topological polar surface area (TPSA) is 103 Å². The molecule has 2 heterocycles. The highest BCUT2D eigenvalue weighted by Crippen LogP contribution is 2.35. The van der Waals surface area contributed by atoms with Crippen molar-refractivity contribution in [3.05, 3.63) is 192 Å². The molecule has 0 radical (unpaired) electrons. The van der Waals surface area contributed by atoms with Crippen molar-refractivity contribution in [2.24, 2.45) is 0 Å². The molecule has 2 aliphatic heterocycles. The second-order valence-corrected chi connectivity index (χ2v) is 15.0. The van der Waals surface area contributed by atoms with Gasteiger partial charge in [0.2, 0.25) is 0 Å². The zero-order chi connectivity index (χ0) is 41.4. The summed E-state index contributed by atoms with van der Waals surface area (Å²) < 4.78 is 59.7. The first kappa shape index (κ1) is 43.5. The first-order valence-electron chi connectivity index (χ1n) is 20.7. The normalized spacial score (nSPS) is 26.7. The minimum absolute atomic E-state index is 0.149. The Balaban J connectivity index is 1.24. The lowest BCUT2D eigenvalue weighted by atomic mass is 9.96. The van der Waals surface area contributed by atoms with Gasteiger partial charge in [-0.25, -0.2) is 0 Å². The molecule has 0 aromatic heterocycles. The van der Waals surface area contributed by atoms with Crippen molar-refractivity contribution in [1.29, 1.82) is 0 Å². The molecule has 0 aliphatic carbocycles. The molecule has 2 fully saturated rings. The van der Waals surface area contributed by atoms with E-state index in [0.717, 1.165) is 27.8 Å². The molecule has 0 saturated carbocycles. The first-order chi connectivity index (χ1) is 29.6. The lowest BCUT2D eigenvalue weighted by Crippen LogP contribution is -2.65. The average molecular weight is 817 g/mol. The summed E-state index contributed by atoms with van der Waals surface area (Å²) in [7, 11) is 0. The molecule has 0 bridgehead atoms. The highest BCUT2D eigenvalue weighted by Gasteiger charge is 2.53. The Morgan fingerprint density at radius 3 is 1.37 bits per heavy atom. The van der Waals surface area contributed by atoms with Crippen LogP contribution < -0.4 is 0 Å². The number of benzene rings is 5. The Labute approximate surface area is 353 Å². The molecule has 10 nitrogen and oxygen atoms in total. The fourth-order valence-corrected chi connectivity index (χ4v) is 7.45. The van der Waals surface area contributed by atoms with E-state index in [1.54, 1.807) is 6.08 Å². The smallest absolute Gasteiger partial charge is 0.187 e. The Morgan fingerprint density at radius 1 is 0.483 bits per heavy atom. The molecule has 2 saturated heterocycles. The summed E-state index contributed by atoms with van der Waals surface area (Å²) in [5.41, 5.74) is 4.91. The Morgan fingerprint density at radius 2 is 0.900 bits per heavy atom. The van der Waals surface area contributed by atoms with E-state index in [0.29, 0.717) is 13.2 Å². The van der Waals surface area contributed by atoms with Crippen LogP contribution in [0.25, 0.3) is 0 Å². The van der Waals surface area contributed by atoms with Gasteiger partial charge in [0.1, 0.15) is 42.7 Å². The quantitative estimate of drug-likeness (QED) is 0.0735. The molecule has 0 spiro atoms. The van der Waals surface area contributed by atoms with Crippen LogP contribution in [0, 0.1) is 0 Å². The molecule has 316 valence electrons. The van der Waals surface area contributed by atoms with Gasteiger partial charge in [-0.2, -0.15) is 0 Å². The van der Waals surface area contributed by atoms with Gasteiger partial charge in [-0.3, -0.25) is 0 Å². The number of ether oxygens (including phenoxy) is 9. The Hall–Kier alpha value is -4.56. The van der Waals surface area contributed by atoms with E-state index in [-0.39, 0.29) is 33.0 Å². The average Bonchev–Trinajstić information content (AvgIpc) is 3.29. The molecule has 10 atom stereocenters. The van der Waals surface area contributed by atoms with Gasteiger partial charge in [0.15, 0.2) is 12.6 Å². The number of hydrogen-bond donors (Lipinski definition) is 1. The lowest BCUT2D eigenvalue weighted by molar-refractivity contribution is -0.371. The fraction of sp³-hybridized carbons (Fsp3) is 0.360. The number of aliphatic hydroxyl groups is 1. The summed E-state index contributed by atoms with van der Waals surface area (Å²) in [4.78, 5) is 0. The van der Waals surface area contributed by atoms with E-state index in [2.05, 4.69) is 6.58 Å². The van der Waals surface area contributed by atoms with Gasteiger partial charge in [-0.05, 0) is 34.7 Å². The van der Waals surface area contributed by atoms with Crippen LogP contribution in [0.3, 0.4) is 0 Å². The third-order valence-corrected chi connectivity index (χ3v) is 10.5. The van der Waals surface area contributed by atoms with Gasteiger partial charge in [0.25, 0.3) is 0 Å². The molecule has 0 unspecified atom stereocenters. The molecule has 10 heteroatoms. The van der Waals surface area contributed by atoms with Crippen molar-refractivity contribution in [1.82, 2.24) is 0 Å². The van der Waals surface area contributed by atoms with E-state index in [9.17, 15) is 5.11 Å². The van der Waals surface area contributed by atoms with Gasteiger partial charge in [-0.1, -0.05) is 158 Å². The van der Waals surface area contributed by atoms with E-state index in [1.165, 1.54) is 0 Å². The van der Waals surface area contributed by atoms with Gasteiger partial charge in [-0.15, -0.1) is 6.58 Å². The van der Waals surface area contributed by atoms with Crippen LogP contribution in [0.2, 0.25) is 0 Å². The minimum atomic E-state index is -1.27. The molecule has 5 aromatic carbocycles. The third-order valence-electron chi connectivity index (χ3n) is 10.5. The number of rotatable bonds is 21. The molecule has 1 N–H and O–H groups in total. The monoisotopic (exact) mass is 816 g/mol. The summed E-state index contributed by atoms with van der Waals surface area (Å²) in [5.74, 6) is 0.